The largest absolute Gasteiger partial charge is 0.378 e. The minimum Gasteiger partial charge on any atom is -0.378 e. The summed E-state index contributed by atoms with van der Waals surface area (Å²) in [6.45, 7) is 3.07. The van der Waals surface area contributed by atoms with Crippen LogP contribution in [0, 0.1) is 0 Å². The van der Waals surface area contributed by atoms with Crippen molar-refractivity contribution >= 4 is 28.7 Å². The Hall–Kier alpha value is -2.91. The van der Waals surface area contributed by atoms with Gasteiger partial charge in [-0.2, -0.15) is 0 Å². The van der Waals surface area contributed by atoms with Gasteiger partial charge in [-0.1, -0.05) is 0 Å². The maximum atomic E-state index is 12.8. The molecule has 0 atom stereocenters. The van der Waals surface area contributed by atoms with Crippen LogP contribution in [0.4, 0.5) is 11.5 Å². The van der Waals surface area contributed by atoms with Crippen molar-refractivity contribution in [1.29, 1.82) is 0 Å². The van der Waals surface area contributed by atoms with Gasteiger partial charge < -0.3 is 14.5 Å². The Morgan fingerprint density at radius 3 is 2.59 bits per heavy atom. The van der Waals surface area contributed by atoms with Gasteiger partial charge in [0.15, 0.2) is 10.8 Å². The average molecular weight is 382 g/mol. The predicted octanol–water partition coefficient (Wildman–Crippen LogP) is 2.11. The van der Waals surface area contributed by atoms with Crippen LogP contribution in [0.1, 0.15) is 9.67 Å². The molecule has 4 rings (SSSR count). The topological polar surface area (TPSA) is 84.3 Å². The summed E-state index contributed by atoms with van der Waals surface area (Å²) >= 11 is 1.27. The Morgan fingerprint density at radius 1 is 1.11 bits per heavy atom. The zero-order chi connectivity index (χ0) is 18.6. The van der Waals surface area contributed by atoms with Crippen LogP contribution in [-0.4, -0.2) is 59.2 Å². The average Bonchev–Trinajstić information content (AvgIpc) is 3.24. The number of morpholine rings is 1. The van der Waals surface area contributed by atoms with Crippen molar-refractivity contribution in [2.45, 2.75) is 0 Å². The quantitative estimate of drug-likeness (QED) is 0.683. The van der Waals surface area contributed by atoms with Crippen LogP contribution in [-0.2, 0) is 4.74 Å². The van der Waals surface area contributed by atoms with E-state index in [9.17, 15) is 4.79 Å². The minimum absolute atomic E-state index is 0.143. The molecule has 4 heterocycles. The van der Waals surface area contributed by atoms with E-state index >= 15 is 0 Å². The fraction of sp³-hybridized carbons (Fsp3) is 0.278. The summed E-state index contributed by atoms with van der Waals surface area (Å²) in [5, 5.41) is 0.619. The van der Waals surface area contributed by atoms with Crippen molar-refractivity contribution in [3.8, 4) is 10.8 Å². The van der Waals surface area contributed by atoms with Crippen molar-refractivity contribution in [2.24, 2.45) is 0 Å². The second-order valence-electron chi connectivity index (χ2n) is 5.94. The Bertz CT molecular complexity index is 909. The molecule has 0 spiro atoms. The molecule has 0 radical (unpaired) electrons. The molecule has 1 fully saturated rings. The molecule has 0 N–H and O–H groups in total. The number of thiazole rings is 1. The van der Waals surface area contributed by atoms with Crippen molar-refractivity contribution < 1.29 is 9.53 Å². The lowest BCUT2D eigenvalue weighted by Gasteiger charge is -2.28. The normalized spacial score (nSPS) is 14.2. The van der Waals surface area contributed by atoms with Gasteiger partial charge in [-0.25, -0.2) is 19.9 Å². The molecule has 0 aromatic carbocycles. The van der Waals surface area contributed by atoms with E-state index in [0.29, 0.717) is 28.9 Å². The Morgan fingerprint density at radius 2 is 1.89 bits per heavy atom. The monoisotopic (exact) mass is 382 g/mol. The van der Waals surface area contributed by atoms with Gasteiger partial charge in [-0.15, -0.1) is 11.3 Å². The summed E-state index contributed by atoms with van der Waals surface area (Å²) in [4.78, 5) is 34.1. The van der Waals surface area contributed by atoms with Gasteiger partial charge >= 0.3 is 0 Å². The maximum absolute atomic E-state index is 12.8. The summed E-state index contributed by atoms with van der Waals surface area (Å²) < 4.78 is 5.36. The number of hydrogen-bond acceptors (Lipinski definition) is 8. The molecule has 0 saturated carbocycles. The number of nitrogens with zero attached hydrogens (tertiary/aromatic N) is 6. The number of hydrogen-bond donors (Lipinski definition) is 0. The fourth-order valence-corrected chi connectivity index (χ4v) is 3.56. The van der Waals surface area contributed by atoms with Gasteiger partial charge in [-0.05, 0) is 18.2 Å². The first-order chi connectivity index (χ1) is 13.2. The molecule has 1 aliphatic heterocycles. The van der Waals surface area contributed by atoms with Crippen molar-refractivity contribution in [2.75, 3.05) is 43.2 Å². The zero-order valence-electron chi connectivity index (χ0n) is 14.8. The van der Waals surface area contributed by atoms with E-state index in [1.165, 1.54) is 11.3 Å². The van der Waals surface area contributed by atoms with Gasteiger partial charge in [0.05, 0.1) is 31.3 Å². The molecule has 9 heteroatoms. The highest BCUT2D eigenvalue weighted by Crippen LogP contribution is 2.25. The highest BCUT2D eigenvalue weighted by molar-refractivity contribution is 7.16. The van der Waals surface area contributed by atoms with Gasteiger partial charge in [0.1, 0.15) is 10.7 Å². The lowest BCUT2D eigenvalue weighted by atomic mass is 10.3. The van der Waals surface area contributed by atoms with Gasteiger partial charge in [0.2, 0.25) is 0 Å². The smallest absolute Gasteiger partial charge is 0.269 e. The van der Waals surface area contributed by atoms with Crippen molar-refractivity contribution in [1.82, 2.24) is 19.9 Å². The molecular formula is C18H18N6O2S. The minimum atomic E-state index is -0.143. The number of amides is 1. The third-order valence-corrected chi connectivity index (χ3v) is 5.21. The lowest BCUT2D eigenvalue weighted by molar-refractivity contribution is 0.0996. The lowest BCUT2D eigenvalue weighted by Crippen LogP contribution is -2.36. The first-order valence-electron chi connectivity index (χ1n) is 8.52. The van der Waals surface area contributed by atoms with Crippen LogP contribution < -0.4 is 9.80 Å². The van der Waals surface area contributed by atoms with Crippen LogP contribution in [0.5, 0.6) is 0 Å². The van der Waals surface area contributed by atoms with Crippen LogP contribution in [0.15, 0.2) is 43.0 Å². The van der Waals surface area contributed by atoms with E-state index in [1.807, 2.05) is 12.1 Å². The van der Waals surface area contributed by atoms with Crippen molar-refractivity contribution in [3.05, 3.63) is 47.9 Å². The molecule has 27 heavy (non-hydrogen) atoms. The number of carbonyl (C=O) groups is 1. The van der Waals surface area contributed by atoms with Gasteiger partial charge in [0.25, 0.3) is 5.91 Å². The van der Waals surface area contributed by atoms with Crippen LogP contribution in [0.2, 0.25) is 0 Å². The summed E-state index contributed by atoms with van der Waals surface area (Å²) in [6, 6.07) is 5.57. The number of pyridine rings is 1. The fourth-order valence-electron chi connectivity index (χ4n) is 2.72. The molecular weight excluding hydrogens is 364 g/mol. The second-order valence-corrected chi connectivity index (χ2v) is 6.97. The molecule has 1 aliphatic rings. The summed E-state index contributed by atoms with van der Waals surface area (Å²) in [5.41, 5.74) is 0.725. The van der Waals surface area contributed by atoms with E-state index in [4.69, 9.17) is 4.74 Å². The van der Waals surface area contributed by atoms with Crippen LogP contribution in [0.25, 0.3) is 10.8 Å². The molecule has 1 amide bonds. The van der Waals surface area contributed by atoms with E-state index in [0.717, 1.165) is 24.6 Å². The van der Waals surface area contributed by atoms with Crippen LogP contribution in [0.3, 0.4) is 0 Å². The van der Waals surface area contributed by atoms with Crippen LogP contribution >= 0.6 is 11.3 Å². The third-order valence-electron chi connectivity index (χ3n) is 4.23. The molecule has 3 aromatic rings. The summed E-state index contributed by atoms with van der Waals surface area (Å²) in [7, 11) is 1.73. The highest BCUT2D eigenvalue weighted by Gasteiger charge is 2.19. The second kappa shape index (κ2) is 7.77. The molecule has 0 unspecified atom stereocenters. The van der Waals surface area contributed by atoms with E-state index < -0.39 is 0 Å². The zero-order valence-corrected chi connectivity index (χ0v) is 15.6. The Kier molecular flexibility index (Phi) is 5.03. The van der Waals surface area contributed by atoms with Gasteiger partial charge in [-0.3, -0.25) is 4.79 Å². The number of aromatic nitrogens is 4. The van der Waals surface area contributed by atoms with Crippen molar-refractivity contribution in [3.63, 3.8) is 0 Å². The SMILES string of the molecule is CN(C(=O)c1cnc(-c2ncccn2)s1)c1ccc(N2CCOCC2)nc1. The molecule has 138 valence electrons. The summed E-state index contributed by atoms with van der Waals surface area (Å²) in [5.74, 6) is 1.26. The predicted molar refractivity (Wildman–Crippen MR) is 103 cm³/mol. The van der Waals surface area contributed by atoms with E-state index in [1.54, 1.807) is 42.8 Å². The summed E-state index contributed by atoms with van der Waals surface area (Å²) in [6.07, 6.45) is 6.58. The number of anilines is 2. The van der Waals surface area contributed by atoms with Gasteiger partial charge in [0, 0.05) is 32.5 Å². The molecule has 1 saturated heterocycles. The Labute approximate surface area is 160 Å². The standard InChI is InChI=1S/C18H18N6O2S/c1-23(13-3-4-15(21-11-13)24-7-9-26-10-8-24)18(25)14-12-22-17(27-14)16-19-5-2-6-20-16/h2-6,11-12H,7-10H2,1H3. The third kappa shape index (κ3) is 3.79. The molecule has 0 aliphatic carbocycles. The molecule has 0 bridgehead atoms. The molecule has 3 aromatic heterocycles. The highest BCUT2D eigenvalue weighted by atomic mass is 32.1. The number of carbonyl (C=O) groups excluding carboxylic acids is 1. The maximum Gasteiger partial charge on any atom is 0.269 e. The number of ether oxygens (including phenoxy) is 1. The van der Waals surface area contributed by atoms with E-state index in [2.05, 4.69) is 24.8 Å². The number of rotatable bonds is 4. The van der Waals surface area contributed by atoms with E-state index in [-0.39, 0.29) is 5.91 Å². The molecule has 8 nitrogen and oxygen atoms in total. The first-order valence-corrected chi connectivity index (χ1v) is 9.34. The first kappa shape index (κ1) is 17.5. The Balaban J connectivity index is 1.48.